The molecule has 2 rings (SSSR count). The Bertz CT molecular complexity index is 729. The van der Waals surface area contributed by atoms with E-state index in [2.05, 4.69) is 71.9 Å². The second kappa shape index (κ2) is 12.4. The SMILES string of the molecule is CCNc1nc(Cl)nc(NCC)n1.CCNc1nc(NC(C)(C)C)nc(SC)n1. The van der Waals surface area contributed by atoms with Gasteiger partial charge in [0, 0.05) is 25.2 Å². The van der Waals surface area contributed by atoms with E-state index in [1.807, 2.05) is 27.0 Å². The first-order valence-corrected chi connectivity index (χ1v) is 11.0. The third-order valence-corrected chi connectivity index (χ3v) is 3.61. The van der Waals surface area contributed by atoms with Gasteiger partial charge in [0.05, 0.1) is 0 Å². The third-order valence-electron chi connectivity index (χ3n) is 2.90. The highest BCUT2D eigenvalue weighted by molar-refractivity contribution is 7.98. The van der Waals surface area contributed by atoms with Crippen molar-refractivity contribution in [3.05, 3.63) is 5.28 Å². The zero-order valence-corrected chi connectivity index (χ0v) is 19.7. The Morgan fingerprint density at radius 3 is 1.55 bits per heavy atom. The minimum absolute atomic E-state index is 0.0550. The molecule has 0 saturated carbocycles. The largest absolute Gasteiger partial charge is 0.354 e. The topological polar surface area (TPSA) is 125 Å². The Hall–Kier alpha value is -2.14. The van der Waals surface area contributed by atoms with Gasteiger partial charge in [-0.15, -0.1) is 0 Å². The van der Waals surface area contributed by atoms with Gasteiger partial charge in [-0.3, -0.25) is 0 Å². The lowest BCUT2D eigenvalue weighted by Gasteiger charge is -2.20. The fourth-order valence-electron chi connectivity index (χ4n) is 1.90. The molecule has 0 aliphatic carbocycles. The molecule has 2 aromatic rings. The van der Waals surface area contributed by atoms with E-state index in [9.17, 15) is 0 Å². The molecule has 12 heteroatoms. The maximum Gasteiger partial charge on any atom is 0.228 e. The van der Waals surface area contributed by atoms with Gasteiger partial charge < -0.3 is 21.3 Å². The van der Waals surface area contributed by atoms with Crippen LogP contribution >= 0.6 is 23.4 Å². The third kappa shape index (κ3) is 10.3. The second-order valence-corrected chi connectivity index (χ2v) is 7.80. The first-order chi connectivity index (χ1) is 13.7. The first-order valence-electron chi connectivity index (χ1n) is 9.42. The van der Waals surface area contributed by atoms with Gasteiger partial charge in [0.15, 0.2) is 5.16 Å². The summed E-state index contributed by atoms with van der Waals surface area (Å²) in [6.07, 6.45) is 1.95. The fraction of sp³-hybridized carbons (Fsp3) is 0.647. The molecule has 0 saturated heterocycles. The van der Waals surface area contributed by atoms with Crippen LogP contribution in [0.25, 0.3) is 0 Å². The van der Waals surface area contributed by atoms with E-state index in [1.54, 1.807) is 0 Å². The van der Waals surface area contributed by atoms with Gasteiger partial charge in [-0.2, -0.15) is 29.9 Å². The van der Waals surface area contributed by atoms with E-state index < -0.39 is 0 Å². The maximum atomic E-state index is 5.68. The number of hydrogen-bond acceptors (Lipinski definition) is 11. The van der Waals surface area contributed by atoms with Crippen LogP contribution in [0.3, 0.4) is 0 Å². The van der Waals surface area contributed by atoms with Crippen LogP contribution in [0.15, 0.2) is 5.16 Å². The van der Waals surface area contributed by atoms with Gasteiger partial charge in [-0.05, 0) is 59.4 Å². The van der Waals surface area contributed by atoms with Crippen LogP contribution in [0.4, 0.5) is 23.8 Å². The molecule has 10 nitrogen and oxygen atoms in total. The molecule has 2 aromatic heterocycles. The van der Waals surface area contributed by atoms with Crippen molar-refractivity contribution in [3.63, 3.8) is 0 Å². The molecule has 0 aromatic carbocycles. The summed E-state index contributed by atoms with van der Waals surface area (Å²) in [6.45, 7) is 14.5. The molecular weight excluding hydrogens is 412 g/mol. The van der Waals surface area contributed by atoms with Crippen molar-refractivity contribution < 1.29 is 0 Å². The normalized spacial score (nSPS) is 10.6. The Morgan fingerprint density at radius 2 is 1.14 bits per heavy atom. The molecule has 0 unspecified atom stereocenters. The summed E-state index contributed by atoms with van der Waals surface area (Å²) in [4.78, 5) is 24.7. The van der Waals surface area contributed by atoms with Crippen molar-refractivity contribution >= 4 is 47.2 Å². The van der Waals surface area contributed by atoms with E-state index >= 15 is 0 Å². The molecule has 0 aliphatic heterocycles. The summed E-state index contributed by atoms with van der Waals surface area (Å²) in [6, 6.07) is 0. The predicted molar refractivity (Wildman–Crippen MR) is 122 cm³/mol. The zero-order chi connectivity index (χ0) is 21.9. The predicted octanol–water partition coefficient (Wildman–Crippen LogP) is 3.62. The van der Waals surface area contributed by atoms with Gasteiger partial charge in [0.1, 0.15) is 0 Å². The molecule has 0 atom stereocenters. The van der Waals surface area contributed by atoms with E-state index in [0.29, 0.717) is 23.8 Å². The van der Waals surface area contributed by atoms with Gasteiger partial charge in [-0.25, -0.2) is 0 Å². The Labute approximate surface area is 181 Å². The summed E-state index contributed by atoms with van der Waals surface area (Å²) in [5.41, 5.74) is -0.0550. The molecule has 0 bridgehead atoms. The van der Waals surface area contributed by atoms with E-state index in [1.165, 1.54) is 11.8 Å². The monoisotopic (exact) mass is 442 g/mol. The quantitative estimate of drug-likeness (QED) is 0.447. The zero-order valence-electron chi connectivity index (χ0n) is 18.1. The molecular formula is C17H31ClN10S. The number of nitrogens with zero attached hydrogens (tertiary/aromatic N) is 6. The number of nitrogens with one attached hydrogen (secondary N) is 4. The van der Waals surface area contributed by atoms with Crippen LogP contribution in [0, 0.1) is 0 Å². The number of hydrogen-bond donors (Lipinski definition) is 4. The van der Waals surface area contributed by atoms with E-state index in [4.69, 9.17) is 11.6 Å². The van der Waals surface area contributed by atoms with Crippen molar-refractivity contribution in [2.75, 3.05) is 47.2 Å². The van der Waals surface area contributed by atoms with Gasteiger partial charge in [0.25, 0.3) is 0 Å². The number of aromatic nitrogens is 6. The smallest absolute Gasteiger partial charge is 0.228 e. The van der Waals surface area contributed by atoms with Crippen molar-refractivity contribution in [3.8, 4) is 0 Å². The van der Waals surface area contributed by atoms with Crippen molar-refractivity contribution in [1.82, 2.24) is 29.9 Å². The second-order valence-electron chi connectivity index (χ2n) is 6.69. The lowest BCUT2D eigenvalue weighted by Crippen LogP contribution is -2.27. The van der Waals surface area contributed by atoms with Crippen LogP contribution in [-0.4, -0.2) is 61.3 Å². The number of anilines is 4. The molecule has 4 N–H and O–H groups in total. The molecule has 0 amide bonds. The highest BCUT2D eigenvalue weighted by Gasteiger charge is 2.13. The Morgan fingerprint density at radius 1 is 0.724 bits per heavy atom. The molecule has 2 heterocycles. The summed E-state index contributed by atoms with van der Waals surface area (Å²) in [7, 11) is 0. The van der Waals surface area contributed by atoms with Crippen molar-refractivity contribution in [1.29, 1.82) is 0 Å². The summed E-state index contributed by atoms with van der Waals surface area (Å²) in [5.74, 6) is 2.23. The summed E-state index contributed by atoms with van der Waals surface area (Å²) >= 11 is 7.19. The summed E-state index contributed by atoms with van der Waals surface area (Å²) < 4.78 is 0. The Balaban J connectivity index is 0.000000296. The molecule has 0 fully saturated rings. The minimum atomic E-state index is -0.0550. The van der Waals surface area contributed by atoms with Gasteiger partial charge in [-0.1, -0.05) is 11.8 Å². The van der Waals surface area contributed by atoms with Crippen molar-refractivity contribution in [2.45, 2.75) is 52.2 Å². The highest BCUT2D eigenvalue weighted by Crippen LogP contribution is 2.16. The lowest BCUT2D eigenvalue weighted by molar-refractivity contribution is 0.622. The lowest BCUT2D eigenvalue weighted by atomic mass is 10.1. The molecule has 0 aliphatic rings. The Kier molecular flexibility index (Phi) is 10.7. The van der Waals surface area contributed by atoms with Crippen LogP contribution < -0.4 is 21.3 Å². The van der Waals surface area contributed by atoms with Gasteiger partial charge >= 0.3 is 0 Å². The van der Waals surface area contributed by atoms with Crippen molar-refractivity contribution in [2.24, 2.45) is 0 Å². The highest BCUT2D eigenvalue weighted by atomic mass is 35.5. The van der Waals surface area contributed by atoms with Crippen LogP contribution in [0.1, 0.15) is 41.5 Å². The molecule has 162 valence electrons. The number of halogens is 1. The van der Waals surface area contributed by atoms with Crippen LogP contribution in [0.5, 0.6) is 0 Å². The fourth-order valence-corrected chi connectivity index (χ4v) is 2.42. The standard InChI is InChI=1S/C10H19N5S.C7H12ClN5/c1-6-11-7-12-8(15-10(2,3)4)14-9(13-7)16-5;1-3-9-6-11-5(8)12-7(13-6)10-4-2/h6H2,1-5H3,(H2,11,12,13,14,15);3-4H2,1-2H3,(H2,9,10,11,12,13). The first kappa shape index (κ1) is 24.9. The maximum absolute atomic E-state index is 5.68. The number of rotatable bonds is 8. The molecule has 0 spiro atoms. The molecule has 0 radical (unpaired) electrons. The summed E-state index contributed by atoms with van der Waals surface area (Å²) in [5, 5.41) is 13.2. The molecule has 29 heavy (non-hydrogen) atoms. The number of thioether (sulfide) groups is 1. The van der Waals surface area contributed by atoms with E-state index in [0.717, 1.165) is 24.8 Å². The minimum Gasteiger partial charge on any atom is -0.354 e. The van der Waals surface area contributed by atoms with Gasteiger partial charge in [0.2, 0.25) is 29.1 Å². The van der Waals surface area contributed by atoms with Crippen LogP contribution in [0.2, 0.25) is 5.28 Å². The average Bonchev–Trinajstić information content (AvgIpc) is 2.61. The van der Waals surface area contributed by atoms with E-state index in [-0.39, 0.29) is 10.8 Å². The average molecular weight is 443 g/mol. The van der Waals surface area contributed by atoms with Crippen LogP contribution in [-0.2, 0) is 0 Å².